The molecule has 0 radical (unpaired) electrons. The van der Waals surface area contributed by atoms with Gasteiger partial charge < -0.3 is 14.7 Å². The van der Waals surface area contributed by atoms with E-state index in [1.165, 1.54) is 0 Å². The zero-order valence-electron chi connectivity index (χ0n) is 11.4. The van der Waals surface area contributed by atoms with E-state index in [1.54, 1.807) is 18.2 Å². The number of rotatable bonds is 4. The molecule has 0 spiro atoms. The van der Waals surface area contributed by atoms with Gasteiger partial charge in [0.25, 0.3) is 0 Å². The fourth-order valence-corrected chi connectivity index (χ4v) is 2.39. The highest BCUT2D eigenvalue weighted by atomic mass is 35.5. The van der Waals surface area contributed by atoms with Crippen LogP contribution in [0.5, 0.6) is 11.8 Å². The molecule has 0 amide bonds. The SMILES string of the molecule is OCc1cccc(Oc2nc(Cl)nc(N3CCCC3)n2)c1. The lowest BCUT2D eigenvalue weighted by Crippen LogP contribution is -2.21. The van der Waals surface area contributed by atoms with E-state index in [1.807, 2.05) is 6.07 Å². The number of benzene rings is 1. The molecular formula is C14H15ClN4O2. The monoisotopic (exact) mass is 306 g/mol. The second-order valence-corrected chi connectivity index (χ2v) is 5.13. The summed E-state index contributed by atoms with van der Waals surface area (Å²) in [5, 5.41) is 9.25. The summed E-state index contributed by atoms with van der Waals surface area (Å²) in [6.07, 6.45) is 2.25. The quantitative estimate of drug-likeness (QED) is 0.935. The summed E-state index contributed by atoms with van der Waals surface area (Å²) in [6.45, 7) is 1.79. The van der Waals surface area contributed by atoms with Crippen LogP contribution in [0.15, 0.2) is 24.3 Å². The predicted octanol–water partition coefficient (Wildman–Crippen LogP) is 2.41. The average molecular weight is 307 g/mol. The minimum Gasteiger partial charge on any atom is -0.424 e. The minimum absolute atomic E-state index is 0.0474. The van der Waals surface area contributed by atoms with Gasteiger partial charge in [-0.05, 0) is 42.1 Å². The Hall–Kier alpha value is -1.92. The summed E-state index contributed by atoms with van der Waals surface area (Å²) < 4.78 is 5.62. The molecule has 1 N–H and O–H groups in total. The summed E-state index contributed by atoms with van der Waals surface area (Å²) in [5.41, 5.74) is 0.757. The maximum atomic E-state index is 9.14. The number of aromatic nitrogens is 3. The van der Waals surface area contributed by atoms with E-state index in [4.69, 9.17) is 21.4 Å². The first-order valence-corrected chi connectivity index (χ1v) is 7.16. The van der Waals surface area contributed by atoms with Gasteiger partial charge in [-0.25, -0.2) is 0 Å². The molecule has 1 aromatic heterocycles. The predicted molar refractivity (Wildman–Crippen MR) is 78.7 cm³/mol. The van der Waals surface area contributed by atoms with Gasteiger partial charge in [0.2, 0.25) is 11.2 Å². The van der Waals surface area contributed by atoms with Crippen LogP contribution in [0.3, 0.4) is 0 Å². The Labute approximate surface area is 127 Å². The third-order valence-corrected chi connectivity index (χ3v) is 3.42. The van der Waals surface area contributed by atoms with Crippen molar-refractivity contribution in [3.05, 3.63) is 35.1 Å². The van der Waals surface area contributed by atoms with E-state index >= 15 is 0 Å². The lowest BCUT2D eigenvalue weighted by atomic mass is 10.2. The topological polar surface area (TPSA) is 71.4 Å². The van der Waals surface area contributed by atoms with Gasteiger partial charge in [0.1, 0.15) is 5.75 Å². The van der Waals surface area contributed by atoms with E-state index in [0.717, 1.165) is 31.5 Å². The van der Waals surface area contributed by atoms with Gasteiger partial charge in [-0.2, -0.15) is 15.0 Å². The zero-order valence-corrected chi connectivity index (χ0v) is 12.1. The number of aliphatic hydroxyl groups excluding tert-OH is 1. The second kappa shape index (κ2) is 6.24. The average Bonchev–Trinajstić information content (AvgIpc) is 3.01. The van der Waals surface area contributed by atoms with Gasteiger partial charge >= 0.3 is 6.01 Å². The molecule has 0 unspecified atom stereocenters. The van der Waals surface area contributed by atoms with Crippen LogP contribution in [0.4, 0.5) is 5.95 Å². The highest BCUT2D eigenvalue weighted by molar-refractivity contribution is 6.28. The van der Waals surface area contributed by atoms with Crippen molar-refractivity contribution in [2.75, 3.05) is 18.0 Å². The standard InChI is InChI=1S/C14H15ClN4O2/c15-12-16-13(19-6-1-2-7-19)18-14(17-12)21-11-5-3-4-10(8-11)9-20/h3-5,8,20H,1-2,6-7,9H2. The molecule has 1 fully saturated rings. The van der Waals surface area contributed by atoms with Gasteiger partial charge in [-0.15, -0.1) is 0 Å². The second-order valence-electron chi connectivity index (χ2n) is 4.79. The van der Waals surface area contributed by atoms with Crippen molar-refractivity contribution in [3.63, 3.8) is 0 Å². The summed E-state index contributed by atoms with van der Waals surface area (Å²) in [6, 6.07) is 7.26. The Morgan fingerprint density at radius 1 is 1.19 bits per heavy atom. The van der Waals surface area contributed by atoms with Crippen molar-refractivity contribution in [2.45, 2.75) is 19.4 Å². The molecule has 0 aliphatic carbocycles. The first-order valence-electron chi connectivity index (χ1n) is 6.79. The molecule has 0 atom stereocenters. The smallest absolute Gasteiger partial charge is 0.328 e. The Bertz CT molecular complexity index is 632. The molecule has 0 bridgehead atoms. The lowest BCUT2D eigenvalue weighted by molar-refractivity contribution is 0.281. The van der Waals surface area contributed by atoms with Crippen LogP contribution in [0.25, 0.3) is 0 Å². The number of anilines is 1. The van der Waals surface area contributed by atoms with Crippen molar-refractivity contribution in [2.24, 2.45) is 0 Å². The maximum Gasteiger partial charge on any atom is 0.328 e. The van der Waals surface area contributed by atoms with E-state index in [0.29, 0.717) is 11.7 Å². The summed E-state index contributed by atoms with van der Waals surface area (Å²) in [4.78, 5) is 14.5. The van der Waals surface area contributed by atoms with Crippen LogP contribution < -0.4 is 9.64 Å². The first kappa shape index (κ1) is 14.0. The Morgan fingerprint density at radius 2 is 2.00 bits per heavy atom. The van der Waals surface area contributed by atoms with E-state index in [2.05, 4.69) is 19.9 Å². The molecule has 7 heteroatoms. The van der Waals surface area contributed by atoms with Gasteiger partial charge in [0.05, 0.1) is 6.61 Å². The zero-order chi connectivity index (χ0) is 14.7. The molecule has 2 heterocycles. The third-order valence-electron chi connectivity index (χ3n) is 3.25. The van der Waals surface area contributed by atoms with Crippen LogP contribution >= 0.6 is 11.6 Å². The summed E-state index contributed by atoms with van der Waals surface area (Å²) >= 11 is 5.94. The first-order chi connectivity index (χ1) is 10.2. The van der Waals surface area contributed by atoms with E-state index < -0.39 is 0 Å². The Balaban J connectivity index is 1.84. The Morgan fingerprint density at radius 3 is 2.76 bits per heavy atom. The van der Waals surface area contributed by atoms with Crippen molar-refractivity contribution < 1.29 is 9.84 Å². The molecular weight excluding hydrogens is 292 g/mol. The van der Waals surface area contributed by atoms with Gasteiger partial charge in [0, 0.05) is 13.1 Å². The summed E-state index contributed by atoms with van der Waals surface area (Å²) in [5.74, 6) is 1.09. The number of ether oxygens (including phenoxy) is 1. The fraction of sp³-hybridized carbons (Fsp3) is 0.357. The molecule has 1 aliphatic heterocycles. The molecule has 1 saturated heterocycles. The van der Waals surface area contributed by atoms with Crippen LogP contribution in [-0.2, 0) is 6.61 Å². The highest BCUT2D eigenvalue weighted by Crippen LogP contribution is 2.23. The fourth-order valence-electron chi connectivity index (χ4n) is 2.24. The minimum atomic E-state index is -0.0474. The highest BCUT2D eigenvalue weighted by Gasteiger charge is 2.17. The number of halogens is 1. The number of aliphatic hydroxyl groups is 1. The molecule has 0 saturated carbocycles. The number of hydrogen-bond donors (Lipinski definition) is 1. The van der Waals surface area contributed by atoms with Crippen LogP contribution in [-0.4, -0.2) is 33.1 Å². The normalized spacial score (nSPS) is 14.5. The van der Waals surface area contributed by atoms with Crippen LogP contribution in [0.1, 0.15) is 18.4 Å². The van der Waals surface area contributed by atoms with Gasteiger partial charge in [-0.3, -0.25) is 0 Å². The van der Waals surface area contributed by atoms with Crippen molar-refractivity contribution in [1.29, 1.82) is 0 Å². The molecule has 3 rings (SSSR count). The molecule has 2 aromatic rings. The number of nitrogens with zero attached hydrogens (tertiary/aromatic N) is 4. The van der Waals surface area contributed by atoms with Crippen molar-refractivity contribution in [3.8, 4) is 11.8 Å². The van der Waals surface area contributed by atoms with E-state index in [9.17, 15) is 0 Å². The maximum absolute atomic E-state index is 9.14. The van der Waals surface area contributed by atoms with Crippen molar-refractivity contribution in [1.82, 2.24) is 15.0 Å². The van der Waals surface area contributed by atoms with Crippen LogP contribution in [0, 0.1) is 0 Å². The molecule has 6 nitrogen and oxygen atoms in total. The molecule has 21 heavy (non-hydrogen) atoms. The molecule has 110 valence electrons. The van der Waals surface area contributed by atoms with Crippen LogP contribution in [0.2, 0.25) is 5.28 Å². The lowest BCUT2D eigenvalue weighted by Gasteiger charge is -2.15. The number of hydrogen-bond acceptors (Lipinski definition) is 6. The Kier molecular flexibility index (Phi) is 4.17. The van der Waals surface area contributed by atoms with Gasteiger partial charge in [-0.1, -0.05) is 12.1 Å². The van der Waals surface area contributed by atoms with E-state index in [-0.39, 0.29) is 17.9 Å². The van der Waals surface area contributed by atoms with Crippen molar-refractivity contribution >= 4 is 17.5 Å². The molecule has 1 aliphatic rings. The summed E-state index contributed by atoms with van der Waals surface area (Å²) in [7, 11) is 0. The third kappa shape index (κ3) is 3.40. The molecule has 1 aromatic carbocycles. The largest absolute Gasteiger partial charge is 0.424 e. The van der Waals surface area contributed by atoms with Gasteiger partial charge in [0.15, 0.2) is 0 Å².